The van der Waals surface area contributed by atoms with Crippen molar-refractivity contribution in [2.45, 2.75) is 0 Å². The molecule has 3 heteroatoms. The molecule has 2 aliphatic rings. The molecule has 0 aromatic carbocycles. The summed E-state index contributed by atoms with van der Waals surface area (Å²) in [6, 6.07) is 0. The lowest BCUT2D eigenvalue weighted by atomic mass is 10.3. The van der Waals surface area contributed by atoms with Crippen molar-refractivity contribution in [1.82, 2.24) is 0 Å². The summed E-state index contributed by atoms with van der Waals surface area (Å²) in [6.45, 7) is 0. The van der Waals surface area contributed by atoms with E-state index >= 15 is 0 Å². The molecule has 0 bridgehead atoms. The molecule has 2 nitrogen and oxygen atoms in total. The number of rotatable bonds is 0. The minimum Gasteiger partial charge on any atom is -0.262 e. The standard InChI is InChI=1S/C7H6N2S/c1-2-10-5-6-3-8-4-7(6)9-1/h1,3-5H,2H2. The van der Waals surface area contributed by atoms with E-state index in [9.17, 15) is 0 Å². The van der Waals surface area contributed by atoms with E-state index < -0.39 is 0 Å². The van der Waals surface area contributed by atoms with Crippen molar-refractivity contribution in [2.75, 3.05) is 5.75 Å². The summed E-state index contributed by atoms with van der Waals surface area (Å²) in [5.74, 6) is 0.967. The molecule has 0 aromatic heterocycles. The molecule has 10 heavy (non-hydrogen) atoms. The molecule has 50 valence electrons. The fraction of sp³-hybridized carbons (Fsp3) is 0.143. The van der Waals surface area contributed by atoms with Gasteiger partial charge in [-0.15, -0.1) is 11.8 Å². The number of hydrogen-bond donors (Lipinski definition) is 0. The van der Waals surface area contributed by atoms with Crippen molar-refractivity contribution in [3.05, 3.63) is 22.9 Å². The van der Waals surface area contributed by atoms with Crippen LogP contribution in [0.1, 0.15) is 0 Å². The summed E-state index contributed by atoms with van der Waals surface area (Å²) in [5, 5.41) is 2.09. The molecule has 0 N–H and O–H groups in total. The highest BCUT2D eigenvalue weighted by Crippen LogP contribution is 2.21. The number of aliphatic imine (C=N–C) groups is 2. The van der Waals surface area contributed by atoms with Gasteiger partial charge in [0.15, 0.2) is 0 Å². The molecule has 0 amide bonds. The third kappa shape index (κ3) is 0.926. The number of hydrogen-bond acceptors (Lipinski definition) is 3. The minimum atomic E-state index is 0.967. The second-order valence-corrected chi connectivity index (χ2v) is 2.91. The van der Waals surface area contributed by atoms with Crippen LogP contribution in [0.2, 0.25) is 0 Å². The summed E-state index contributed by atoms with van der Waals surface area (Å²) in [4.78, 5) is 8.19. The molecular weight excluding hydrogens is 144 g/mol. The van der Waals surface area contributed by atoms with E-state index in [1.165, 1.54) is 0 Å². The molecule has 0 saturated carbocycles. The Morgan fingerprint density at radius 1 is 1.50 bits per heavy atom. The lowest BCUT2D eigenvalue weighted by molar-refractivity contribution is 1.39. The highest BCUT2D eigenvalue weighted by molar-refractivity contribution is 8.02. The van der Waals surface area contributed by atoms with Crippen LogP contribution in [-0.4, -0.2) is 18.2 Å². The first-order valence-corrected chi connectivity index (χ1v) is 4.10. The Bertz CT molecular complexity index is 261. The van der Waals surface area contributed by atoms with Crippen LogP contribution in [-0.2, 0) is 0 Å². The topological polar surface area (TPSA) is 24.7 Å². The van der Waals surface area contributed by atoms with Crippen molar-refractivity contribution < 1.29 is 0 Å². The minimum absolute atomic E-state index is 0.967. The fourth-order valence-electron chi connectivity index (χ4n) is 0.844. The second kappa shape index (κ2) is 2.42. The summed E-state index contributed by atoms with van der Waals surface area (Å²) in [6.07, 6.45) is 5.54. The predicted molar refractivity (Wildman–Crippen MR) is 45.6 cm³/mol. The van der Waals surface area contributed by atoms with Gasteiger partial charge in [0.2, 0.25) is 0 Å². The Hall–Kier alpha value is -0.830. The summed E-state index contributed by atoms with van der Waals surface area (Å²) in [5.41, 5.74) is 2.13. The van der Waals surface area contributed by atoms with Gasteiger partial charge in [-0.3, -0.25) is 9.98 Å². The van der Waals surface area contributed by atoms with Crippen LogP contribution >= 0.6 is 11.8 Å². The number of allylic oxidation sites excluding steroid dienone is 1. The van der Waals surface area contributed by atoms with Gasteiger partial charge in [0.25, 0.3) is 0 Å². The SMILES string of the molecule is C1=NC=C2N=CCSC=C12. The molecule has 0 unspecified atom stereocenters. The Morgan fingerprint density at radius 3 is 3.50 bits per heavy atom. The fourth-order valence-corrected chi connectivity index (χ4v) is 1.46. The first-order chi connectivity index (χ1) is 4.97. The Morgan fingerprint density at radius 2 is 2.50 bits per heavy atom. The van der Waals surface area contributed by atoms with Crippen LogP contribution in [0, 0.1) is 0 Å². The molecule has 0 radical (unpaired) electrons. The van der Waals surface area contributed by atoms with Crippen LogP contribution in [0.5, 0.6) is 0 Å². The summed E-state index contributed by atoms with van der Waals surface area (Å²) in [7, 11) is 0. The van der Waals surface area contributed by atoms with Gasteiger partial charge in [0, 0.05) is 23.8 Å². The first-order valence-electron chi connectivity index (χ1n) is 3.05. The Labute approximate surface area is 63.5 Å². The van der Waals surface area contributed by atoms with Gasteiger partial charge in [-0.2, -0.15) is 0 Å². The average molecular weight is 150 g/mol. The van der Waals surface area contributed by atoms with Gasteiger partial charge in [0.05, 0.1) is 11.9 Å². The molecule has 2 rings (SSSR count). The molecule has 0 aromatic rings. The van der Waals surface area contributed by atoms with Gasteiger partial charge in [-0.1, -0.05) is 0 Å². The van der Waals surface area contributed by atoms with Gasteiger partial charge >= 0.3 is 0 Å². The number of fused-ring (bicyclic) bond motifs is 1. The van der Waals surface area contributed by atoms with Gasteiger partial charge in [0.1, 0.15) is 0 Å². The molecule has 0 aliphatic carbocycles. The molecule has 0 atom stereocenters. The van der Waals surface area contributed by atoms with E-state index in [0.717, 1.165) is 17.0 Å². The molecule has 2 heterocycles. The maximum atomic E-state index is 4.21. The molecular formula is C7H6N2S. The molecule has 0 saturated heterocycles. The number of thioether (sulfide) groups is 1. The monoisotopic (exact) mass is 150 g/mol. The third-order valence-corrected chi connectivity index (χ3v) is 2.08. The third-order valence-electron chi connectivity index (χ3n) is 1.32. The first kappa shape index (κ1) is 5.92. The molecule has 2 aliphatic heterocycles. The van der Waals surface area contributed by atoms with E-state index in [1.807, 2.05) is 12.4 Å². The lowest BCUT2D eigenvalue weighted by Crippen LogP contribution is -1.79. The van der Waals surface area contributed by atoms with Gasteiger partial charge in [-0.05, 0) is 5.41 Å². The highest BCUT2D eigenvalue weighted by atomic mass is 32.2. The van der Waals surface area contributed by atoms with E-state index in [4.69, 9.17) is 0 Å². The summed E-state index contributed by atoms with van der Waals surface area (Å²) >= 11 is 1.75. The largest absolute Gasteiger partial charge is 0.262 e. The van der Waals surface area contributed by atoms with E-state index in [-0.39, 0.29) is 0 Å². The number of nitrogens with zero attached hydrogens (tertiary/aromatic N) is 2. The van der Waals surface area contributed by atoms with Crippen LogP contribution in [0.25, 0.3) is 0 Å². The lowest BCUT2D eigenvalue weighted by Gasteiger charge is -1.89. The quantitative estimate of drug-likeness (QED) is 0.515. The van der Waals surface area contributed by atoms with Crippen LogP contribution in [0.3, 0.4) is 0 Å². The zero-order valence-corrected chi connectivity index (χ0v) is 6.14. The Balaban J connectivity index is 2.40. The zero-order chi connectivity index (χ0) is 6.81. The molecule has 0 spiro atoms. The van der Waals surface area contributed by atoms with Crippen molar-refractivity contribution in [3.8, 4) is 0 Å². The Kier molecular flexibility index (Phi) is 1.43. The van der Waals surface area contributed by atoms with Crippen molar-refractivity contribution >= 4 is 24.2 Å². The smallest absolute Gasteiger partial charge is 0.0901 e. The van der Waals surface area contributed by atoms with Crippen molar-refractivity contribution in [1.29, 1.82) is 0 Å². The van der Waals surface area contributed by atoms with Crippen molar-refractivity contribution in [3.63, 3.8) is 0 Å². The van der Waals surface area contributed by atoms with Gasteiger partial charge < -0.3 is 0 Å². The highest BCUT2D eigenvalue weighted by Gasteiger charge is 2.06. The second-order valence-electron chi connectivity index (χ2n) is 2.01. The van der Waals surface area contributed by atoms with E-state index in [1.54, 1.807) is 18.0 Å². The maximum absolute atomic E-state index is 4.21. The van der Waals surface area contributed by atoms with E-state index in [2.05, 4.69) is 15.4 Å². The van der Waals surface area contributed by atoms with Crippen LogP contribution < -0.4 is 0 Å². The van der Waals surface area contributed by atoms with Gasteiger partial charge in [-0.25, -0.2) is 0 Å². The summed E-state index contributed by atoms with van der Waals surface area (Å²) < 4.78 is 0. The molecule has 0 fully saturated rings. The van der Waals surface area contributed by atoms with Crippen molar-refractivity contribution in [2.24, 2.45) is 9.98 Å². The maximum Gasteiger partial charge on any atom is 0.0901 e. The predicted octanol–water partition coefficient (Wildman–Crippen LogP) is 1.61. The average Bonchev–Trinajstić information content (AvgIpc) is 2.28. The van der Waals surface area contributed by atoms with E-state index in [0.29, 0.717) is 0 Å². The zero-order valence-electron chi connectivity index (χ0n) is 5.32. The normalized spacial score (nSPS) is 21.6. The van der Waals surface area contributed by atoms with Crippen LogP contribution in [0.4, 0.5) is 0 Å². The van der Waals surface area contributed by atoms with Crippen LogP contribution in [0.15, 0.2) is 32.9 Å².